The number of nitrogens with one attached hydrogen (secondary N) is 1. The lowest BCUT2D eigenvalue weighted by atomic mass is 9.91. The summed E-state index contributed by atoms with van der Waals surface area (Å²) in [5.41, 5.74) is -0.850. The Labute approximate surface area is 124 Å². The number of aromatic nitrogens is 3. The van der Waals surface area contributed by atoms with E-state index < -0.39 is 11.6 Å². The number of rotatable bonds is 4. The molecule has 7 heteroatoms. The van der Waals surface area contributed by atoms with Crippen LogP contribution in [-0.4, -0.2) is 43.1 Å². The molecule has 116 valence electrons. The first-order chi connectivity index (χ1) is 9.81. The first-order valence-corrected chi connectivity index (χ1v) is 7.32. The first kappa shape index (κ1) is 15.5. The van der Waals surface area contributed by atoms with Crippen LogP contribution in [0, 0.1) is 0 Å². The molecule has 1 saturated heterocycles. The highest BCUT2D eigenvalue weighted by molar-refractivity contribution is 5.99. The van der Waals surface area contributed by atoms with Crippen molar-refractivity contribution in [3.63, 3.8) is 0 Å². The Morgan fingerprint density at radius 2 is 2.10 bits per heavy atom. The second kappa shape index (κ2) is 5.46. The molecule has 2 atom stereocenters. The van der Waals surface area contributed by atoms with E-state index in [0.717, 1.165) is 0 Å². The van der Waals surface area contributed by atoms with Crippen molar-refractivity contribution in [2.24, 2.45) is 0 Å². The molecule has 2 heterocycles. The van der Waals surface area contributed by atoms with E-state index in [4.69, 9.17) is 0 Å². The van der Waals surface area contributed by atoms with Crippen molar-refractivity contribution in [2.45, 2.75) is 65.2 Å². The summed E-state index contributed by atoms with van der Waals surface area (Å²) in [4.78, 5) is 30.7. The third-order valence-corrected chi connectivity index (χ3v) is 4.19. The van der Waals surface area contributed by atoms with Crippen molar-refractivity contribution in [3.05, 3.63) is 12.2 Å². The molecule has 0 bridgehead atoms. The summed E-state index contributed by atoms with van der Waals surface area (Å²) in [7, 11) is 0. The molecule has 0 spiro atoms. The summed E-state index contributed by atoms with van der Waals surface area (Å²) in [5, 5.41) is 6.93. The molecule has 2 rings (SSSR count). The maximum atomic E-state index is 12.5. The Bertz CT molecular complexity index is 553. The van der Waals surface area contributed by atoms with Gasteiger partial charge in [-0.25, -0.2) is 9.67 Å². The zero-order valence-corrected chi connectivity index (χ0v) is 13.3. The Morgan fingerprint density at radius 3 is 2.67 bits per heavy atom. The molecule has 21 heavy (non-hydrogen) atoms. The lowest BCUT2D eigenvalue weighted by Crippen LogP contribution is -2.68. The minimum absolute atomic E-state index is 0.0859. The van der Waals surface area contributed by atoms with E-state index in [1.807, 2.05) is 20.8 Å². The zero-order chi connectivity index (χ0) is 15.8. The topological polar surface area (TPSA) is 80.1 Å². The summed E-state index contributed by atoms with van der Waals surface area (Å²) in [6.07, 6.45) is 2.03. The Hall–Kier alpha value is -1.92. The van der Waals surface area contributed by atoms with Gasteiger partial charge in [0.05, 0.1) is 6.54 Å². The number of hydrogen-bond acceptors (Lipinski definition) is 4. The molecule has 1 aromatic rings. The van der Waals surface area contributed by atoms with Gasteiger partial charge in [0, 0.05) is 6.04 Å². The summed E-state index contributed by atoms with van der Waals surface area (Å²) in [6, 6.07) is -0.353. The SMILES string of the molecule is CCC1(C)C(=O)NC(C)C(=O)N1Cc1ncnn1C(C)C. The van der Waals surface area contributed by atoms with Gasteiger partial charge in [0.25, 0.3) is 0 Å². The monoisotopic (exact) mass is 293 g/mol. The molecule has 1 fully saturated rings. The highest BCUT2D eigenvalue weighted by Crippen LogP contribution is 2.27. The number of carbonyl (C=O) groups excluding carboxylic acids is 2. The predicted molar refractivity (Wildman–Crippen MR) is 77.3 cm³/mol. The van der Waals surface area contributed by atoms with Gasteiger partial charge in [-0.15, -0.1) is 0 Å². The summed E-state index contributed by atoms with van der Waals surface area (Å²) in [6.45, 7) is 9.70. The summed E-state index contributed by atoms with van der Waals surface area (Å²) in [5.74, 6) is 0.491. The Balaban J connectivity index is 2.36. The Kier molecular flexibility index (Phi) is 4.02. The van der Waals surface area contributed by atoms with Crippen LogP contribution in [0.2, 0.25) is 0 Å². The van der Waals surface area contributed by atoms with E-state index >= 15 is 0 Å². The normalized spacial score (nSPS) is 26.4. The van der Waals surface area contributed by atoms with Crippen LogP contribution in [-0.2, 0) is 16.1 Å². The standard InChI is InChI=1S/C14H23N5O2/c1-6-14(5)13(21)17-10(4)12(20)18(14)7-11-15-8-16-19(11)9(2)3/h8-10H,6-7H2,1-5H3,(H,17,21). The molecule has 1 aliphatic rings. The molecule has 2 amide bonds. The molecule has 0 radical (unpaired) electrons. The van der Waals surface area contributed by atoms with Gasteiger partial charge in [-0.2, -0.15) is 5.10 Å². The minimum atomic E-state index is -0.850. The average molecular weight is 293 g/mol. The van der Waals surface area contributed by atoms with Gasteiger partial charge < -0.3 is 10.2 Å². The maximum absolute atomic E-state index is 12.5. The summed E-state index contributed by atoms with van der Waals surface area (Å²) >= 11 is 0. The molecule has 1 N–H and O–H groups in total. The minimum Gasteiger partial charge on any atom is -0.343 e. The lowest BCUT2D eigenvalue weighted by Gasteiger charge is -2.45. The van der Waals surface area contributed by atoms with E-state index in [1.165, 1.54) is 6.33 Å². The van der Waals surface area contributed by atoms with Crippen LogP contribution in [0.3, 0.4) is 0 Å². The van der Waals surface area contributed by atoms with Crippen LogP contribution in [0.1, 0.15) is 52.9 Å². The third-order valence-electron chi connectivity index (χ3n) is 4.19. The molecule has 1 aliphatic heterocycles. The summed E-state index contributed by atoms with van der Waals surface area (Å²) < 4.78 is 1.78. The molecule has 0 saturated carbocycles. The quantitative estimate of drug-likeness (QED) is 0.893. The number of hydrogen-bond donors (Lipinski definition) is 1. The fraction of sp³-hybridized carbons (Fsp3) is 0.714. The third kappa shape index (κ3) is 2.52. The number of carbonyl (C=O) groups is 2. The van der Waals surface area contributed by atoms with Crippen molar-refractivity contribution in [2.75, 3.05) is 0 Å². The molecular formula is C14H23N5O2. The van der Waals surface area contributed by atoms with Gasteiger partial charge in [0.1, 0.15) is 23.7 Å². The van der Waals surface area contributed by atoms with Gasteiger partial charge in [-0.05, 0) is 34.1 Å². The van der Waals surface area contributed by atoms with Gasteiger partial charge in [-0.3, -0.25) is 9.59 Å². The zero-order valence-electron chi connectivity index (χ0n) is 13.3. The fourth-order valence-electron chi connectivity index (χ4n) is 2.58. The van der Waals surface area contributed by atoms with Crippen LogP contribution in [0.25, 0.3) is 0 Å². The van der Waals surface area contributed by atoms with Crippen molar-refractivity contribution < 1.29 is 9.59 Å². The lowest BCUT2D eigenvalue weighted by molar-refractivity contribution is -0.157. The number of piperazine rings is 1. The average Bonchev–Trinajstić information content (AvgIpc) is 2.90. The Morgan fingerprint density at radius 1 is 1.43 bits per heavy atom. The fourth-order valence-corrected chi connectivity index (χ4v) is 2.58. The largest absolute Gasteiger partial charge is 0.343 e. The van der Waals surface area contributed by atoms with E-state index in [2.05, 4.69) is 15.4 Å². The highest BCUT2D eigenvalue weighted by Gasteiger charge is 2.47. The van der Waals surface area contributed by atoms with Gasteiger partial charge in [0.2, 0.25) is 11.8 Å². The first-order valence-electron chi connectivity index (χ1n) is 7.32. The van der Waals surface area contributed by atoms with Crippen molar-refractivity contribution in [1.29, 1.82) is 0 Å². The van der Waals surface area contributed by atoms with Crippen LogP contribution >= 0.6 is 0 Å². The molecule has 2 unspecified atom stereocenters. The molecule has 7 nitrogen and oxygen atoms in total. The molecule has 0 aromatic carbocycles. The van der Waals surface area contributed by atoms with Crippen LogP contribution in [0.15, 0.2) is 6.33 Å². The van der Waals surface area contributed by atoms with Gasteiger partial charge in [-0.1, -0.05) is 6.92 Å². The van der Waals surface area contributed by atoms with Crippen molar-refractivity contribution >= 4 is 11.8 Å². The van der Waals surface area contributed by atoms with E-state index in [1.54, 1.807) is 23.4 Å². The van der Waals surface area contributed by atoms with E-state index in [9.17, 15) is 9.59 Å². The second-order valence-electron chi connectivity index (χ2n) is 5.96. The van der Waals surface area contributed by atoms with Gasteiger partial charge in [0.15, 0.2) is 0 Å². The van der Waals surface area contributed by atoms with Crippen molar-refractivity contribution in [3.8, 4) is 0 Å². The van der Waals surface area contributed by atoms with Crippen molar-refractivity contribution in [1.82, 2.24) is 25.0 Å². The predicted octanol–water partition coefficient (Wildman–Crippen LogP) is 0.875. The van der Waals surface area contributed by atoms with E-state index in [0.29, 0.717) is 18.8 Å². The van der Waals surface area contributed by atoms with Crippen LogP contribution < -0.4 is 5.32 Å². The highest BCUT2D eigenvalue weighted by atomic mass is 16.2. The maximum Gasteiger partial charge on any atom is 0.246 e. The molecule has 1 aromatic heterocycles. The molecular weight excluding hydrogens is 270 g/mol. The van der Waals surface area contributed by atoms with E-state index in [-0.39, 0.29) is 17.9 Å². The number of amides is 2. The van der Waals surface area contributed by atoms with Gasteiger partial charge >= 0.3 is 0 Å². The second-order valence-corrected chi connectivity index (χ2v) is 5.96. The molecule has 0 aliphatic carbocycles. The van der Waals surface area contributed by atoms with Crippen LogP contribution in [0.4, 0.5) is 0 Å². The number of nitrogens with zero attached hydrogens (tertiary/aromatic N) is 4. The van der Waals surface area contributed by atoms with Crippen LogP contribution in [0.5, 0.6) is 0 Å². The smallest absolute Gasteiger partial charge is 0.246 e.